The van der Waals surface area contributed by atoms with Crippen LogP contribution in [0.15, 0.2) is 45.9 Å². The van der Waals surface area contributed by atoms with E-state index >= 15 is 0 Å². The lowest BCUT2D eigenvalue weighted by atomic mass is 10.0. The first-order valence-electron chi connectivity index (χ1n) is 10.7. The zero-order valence-electron chi connectivity index (χ0n) is 19.0. The Bertz CT molecular complexity index is 999. The highest BCUT2D eigenvalue weighted by Gasteiger charge is 2.20. The maximum Gasteiger partial charge on any atom is 0.338 e. The van der Waals surface area contributed by atoms with Gasteiger partial charge in [-0.3, -0.25) is 4.79 Å². The van der Waals surface area contributed by atoms with Gasteiger partial charge >= 0.3 is 5.97 Å². The van der Waals surface area contributed by atoms with Crippen LogP contribution in [0.25, 0.3) is 0 Å². The first kappa shape index (κ1) is 25.6. The summed E-state index contributed by atoms with van der Waals surface area (Å²) in [6.45, 7) is 7.44. The van der Waals surface area contributed by atoms with Crippen molar-refractivity contribution in [3.8, 4) is 0 Å². The molecule has 2 N–H and O–H groups in total. The summed E-state index contributed by atoms with van der Waals surface area (Å²) in [4.78, 5) is 24.5. The summed E-state index contributed by atoms with van der Waals surface area (Å²) in [7, 11) is -3.87. The molecule has 0 aliphatic carbocycles. The molecule has 0 fully saturated rings. The molecule has 32 heavy (non-hydrogen) atoms. The molecule has 0 bridgehead atoms. The van der Waals surface area contributed by atoms with E-state index in [0.29, 0.717) is 17.2 Å². The Labute approximate surface area is 189 Å². The molecule has 0 spiro atoms. The second kappa shape index (κ2) is 11.8. The van der Waals surface area contributed by atoms with Crippen LogP contribution < -0.4 is 10.0 Å². The fourth-order valence-electron chi connectivity index (χ4n) is 3.08. The van der Waals surface area contributed by atoms with Gasteiger partial charge in [0.1, 0.15) is 5.76 Å². The largest absolute Gasteiger partial charge is 0.468 e. The number of amides is 1. The molecule has 2 rings (SSSR count). The molecule has 0 saturated carbocycles. The van der Waals surface area contributed by atoms with Crippen LogP contribution >= 0.6 is 0 Å². The minimum Gasteiger partial charge on any atom is -0.468 e. The summed E-state index contributed by atoms with van der Waals surface area (Å²) >= 11 is 0. The Morgan fingerprint density at radius 3 is 2.53 bits per heavy atom. The van der Waals surface area contributed by atoms with E-state index < -0.39 is 28.5 Å². The van der Waals surface area contributed by atoms with E-state index in [1.54, 1.807) is 19.1 Å². The fourth-order valence-corrected chi connectivity index (χ4v) is 4.10. The number of hydrogen-bond donors (Lipinski definition) is 2. The number of rotatable bonds is 12. The van der Waals surface area contributed by atoms with Crippen molar-refractivity contribution < 1.29 is 27.2 Å². The summed E-state index contributed by atoms with van der Waals surface area (Å²) in [5.41, 5.74) is 0.631. The molecule has 0 aliphatic heterocycles. The Morgan fingerprint density at radius 2 is 1.88 bits per heavy atom. The Balaban J connectivity index is 1.93. The first-order chi connectivity index (χ1) is 15.1. The van der Waals surface area contributed by atoms with Crippen LogP contribution in [0, 0.1) is 12.8 Å². The van der Waals surface area contributed by atoms with E-state index in [-0.39, 0.29) is 23.0 Å². The van der Waals surface area contributed by atoms with Crippen molar-refractivity contribution in [2.24, 2.45) is 5.92 Å². The second-order valence-corrected chi connectivity index (χ2v) is 10.0. The predicted octanol–water partition coefficient (Wildman–Crippen LogP) is 3.55. The molecular weight excluding hydrogens is 432 g/mol. The molecule has 1 heterocycles. The molecule has 0 saturated heterocycles. The fraction of sp³-hybridized carbons (Fsp3) is 0.478. The number of nitrogens with one attached hydrogen (secondary N) is 2. The molecule has 176 valence electrons. The summed E-state index contributed by atoms with van der Waals surface area (Å²) in [6.07, 6.45) is 4.39. The van der Waals surface area contributed by atoms with E-state index in [2.05, 4.69) is 23.9 Å². The van der Waals surface area contributed by atoms with E-state index in [0.717, 1.165) is 19.3 Å². The minimum atomic E-state index is -3.87. The highest BCUT2D eigenvalue weighted by atomic mass is 32.2. The third kappa shape index (κ3) is 8.12. The lowest BCUT2D eigenvalue weighted by Gasteiger charge is -2.15. The SMILES string of the molecule is Cc1ccc(S(=O)(=O)NCc2ccco2)cc1C(=O)OCC(=O)NC(C)CCCC(C)C. The highest BCUT2D eigenvalue weighted by Crippen LogP contribution is 2.17. The number of ether oxygens (including phenoxy) is 1. The van der Waals surface area contributed by atoms with Gasteiger partial charge in [0.05, 0.1) is 23.3 Å². The smallest absolute Gasteiger partial charge is 0.338 e. The molecular formula is C23H32N2O6S. The molecule has 1 amide bonds. The number of furan rings is 1. The van der Waals surface area contributed by atoms with Crippen LogP contribution in [0.1, 0.15) is 61.7 Å². The molecule has 9 heteroatoms. The monoisotopic (exact) mass is 464 g/mol. The first-order valence-corrected chi connectivity index (χ1v) is 12.2. The van der Waals surface area contributed by atoms with E-state index in [9.17, 15) is 18.0 Å². The Kier molecular flexibility index (Phi) is 9.46. The molecule has 1 aromatic heterocycles. The van der Waals surface area contributed by atoms with Crippen molar-refractivity contribution in [2.75, 3.05) is 6.61 Å². The average molecular weight is 465 g/mol. The number of aryl methyl sites for hydroxylation is 1. The van der Waals surface area contributed by atoms with Crippen LogP contribution in [0.5, 0.6) is 0 Å². The van der Waals surface area contributed by atoms with Crippen molar-refractivity contribution >= 4 is 21.9 Å². The summed E-state index contributed by atoms with van der Waals surface area (Å²) in [5.74, 6) is -0.0723. The van der Waals surface area contributed by atoms with Gasteiger partial charge in [0.25, 0.3) is 5.91 Å². The normalized spacial score (nSPS) is 12.5. The van der Waals surface area contributed by atoms with Crippen LogP contribution in [-0.2, 0) is 26.1 Å². The van der Waals surface area contributed by atoms with Gasteiger partial charge in [-0.05, 0) is 56.0 Å². The van der Waals surface area contributed by atoms with Crippen molar-refractivity contribution in [1.82, 2.24) is 10.0 Å². The Morgan fingerprint density at radius 1 is 1.12 bits per heavy atom. The van der Waals surface area contributed by atoms with Gasteiger partial charge in [0.15, 0.2) is 6.61 Å². The van der Waals surface area contributed by atoms with Crippen LogP contribution in [0.3, 0.4) is 0 Å². The summed E-state index contributed by atoms with van der Waals surface area (Å²) < 4.78 is 37.8. The van der Waals surface area contributed by atoms with Gasteiger partial charge in [0.2, 0.25) is 10.0 Å². The maximum atomic E-state index is 12.6. The number of hydrogen-bond acceptors (Lipinski definition) is 6. The van der Waals surface area contributed by atoms with Crippen LogP contribution in [-0.4, -0.2) is 32.9 Å². The number of carbonyl (C=O) groups is 2. The number of sulfonamides is 1. The van der Waals surface area contributed by atoms with Crippen molar-refractivity contribution in [1.29, 1.82) is 0 Å². The molecule has 2 aromatic rings. The topological polar surface area (TPSA) is 115 Å². The zero-order chi connectivity index (χ0) is 23.7. The van der Waals surface area contributed by atoms with Gasteiger partial charge in [-0.25, -0.2) is 17.9 Å². The maximum absolute atomic E-state index is 12.6. The zero-order valence-corrected chi connectivity index (χ0v) is 19.8. The van der Waals surface area contributed by atoms with Crippen LogP contribution in [0.4, 0.5) is 0 Å². The van der Waals surface area contributed by atoms with Crippen LogP contribution in [0.2, 0.25) is 0 Å². The molecule has 0 aliphatic rings. The summed E-state index contributed by atoms with van der Waals surface area (Å²) in [5, 5.41) is 2.81. The third-order valence-corrected chi connectivity index (χ3v) is 6.32. The predicted molar refractivity (Wildman–Crippen MR) is 120 cm³/mol. The number of benzene rings is 1. The number of carbonyl (C=O) groups excluding carboxylic acids is 2. The van der Waals surface area contributed by atoms with Crippen molar-refractivity contribution in [2.45, 2.75) is 64.4 Å². The molecule has 1 unspecified atom stereocenters. The summed E-state index contributed by atoms with van der Waals surface area (Å²) in [6, 6.07) is 7.46. The van der Waals surface area contributed by atoms with Gasteiger partial charge < -0.3 is 14.5 Å². The van der Waals surface area contributed by atoms with Gasteiger partial charge in [0, 0.05) is 6.04 Å². The average Bonchev–Trinajstić information content (AvgIpc) is 3.24. The molecule has 1 atom stereocenters. The molecule has 0 radical (unpaired) electrons. The van der Waals surface area contributed by atoms with Gasteiger partial charge in [-0.15, -0.1) is 0 Å². The standard InChI is InChI=1S/C23H32N2O6S/c1-16(2)7-5-8-18(4)25-22(26)15-31-23(27)21-13-20(11-10-17(21)3)32(28,29)24-14-19-9-6-12-30-19/h6,9-13,16,18,24H,5,7-8,14-15H2,1-4H3,(H,25,26). The minimum absolute atomic E-state index is 0.0154. The van der Waals surface area contributed by atoms with E-state index in [1.165, 1.54) is 24.5 Å². The number of esters is 1. The Hall–Kier alpha value is -2.65. The second-order valence-electron chi connectivity index (χ2n) is 8.25. The lowest BCUT2D eigenvalue weighted by molar-refractivity contribution is -0.124. The van der Waals surface area contributed by atoms with Gasteiger partial charge in [-0.1, -0.05) is 32.8 Å². The van der Waals surface area contributed by atoms with Gasteiger partial charge in [-0.2, -0.15) is 0 Å². The van der Waals surface area contributed by atoms with E-state index in [1.807, 2.05) is 6.92 Å². The molecule has 1 aromatic carbocycles. The van der Waals surface area contributed by atoms with Crippen molar-refractivity contribution in [3.05, 3.63) is 53.5 Å². The van der Waals surface area contributed by atoms with E-state index in [4.69, 9.17) is 9.15 Å². The lowest BCUT2D eigenvalue weighted by Crippen LogP contribution is -2.36. The third-order valence-electron chi connectivity index (χ3n) is 4.92. The molecule has 8 nitrogen and oxygen atoms in total. The van der Waals surface area contributed by atoms with Crippen molar-refractivity contribution in [3.63, 3.8) is 0 Å². The highest BCUT2D eigenvalue weighted by molar-refractivity contribution is 7.89. The quantitative estimate of drug-likeness (QED) is 0.464.